The van der Waals surface area contributed by atoms with Crippen LogP contribution in [0.1, 0.15) is 6.42 Å². The monoisotopic (exact) mass is 329 g/mol. The Morgan fingerprint density at radius 1 is 1.09 bits per heavy atom. The van der Waals surface area contributed by atoms with Crippen LogP contribution < -0.4 is 10.2 Å². The van der Waals surface area contributed by atoms with Gasteiger partial charge in [-0.15, -0.1) is 0 Å². The Morgan fingerprint density at radius 2 is 1.91 bits per heavy atom. The molecule has 2 aliphatic rings. The lowest BCUT2D eigenvalue weighted by molar-refractivity contribution is 0.474. The van der Waals surface area contributed by atoms with E-state index in [4.69, 9.17) is 0 Å². The topological polar surface area (TPSA) is 62.3 Å². The Kier molecular flexibility index (Phi) is 3.58. The Hall–Kier alpha value is -1.92. The molecule has 2 aliphatic heterocycles. The van der Waals surface area contributed by atoms with Gasteiger partial charge in [-0.1, -0.05) is 18.2 Å². The van der Waals surface area contributed by atoms with Crippen LogP contribution >= 0.6 is 0 Å². The molecule has 2 fully saturated rings. The molecule has 2 aromatic rings. The molecule has 0 aliphatic carbocycles. The number of anilines is 1. The predicted octanol–water partition coefficient (Wildman–Crippen LogP) is 1.71. The summed E-state index contributed by atoms with van der Waals surface area (Å²) in [6, 6.07) is 10.8. The summed E-state index contributed by atoms with van der Waals surface area (Å²) in [7, 11) is -3.52. The van der Waals surface area contributed by atoms with Crippen LogP contribution in [0.15, 0.2) is 58.6 Å². The van der Waals surface area contributed by atoms with Gasteiger partial charge in [0.25, 0.3) is 0 Å². The minimum atomic E-state index is -3.52. The Balaban J connectivity index is 1.67. The van der Waals surface area contributed by atoms with Gasteiger partial charge in [0.1, 0.15) is 0 Å². The number of hydrogen-bond donors (Lipinski definition) is 1. The van der Waals surface area contributed by atoms with E-state index in [2.05, 4.69) is 15.2 Å². The van der Waals surface area contributed by atoms with Crippen LogP contribution in [0.2, 0.25) is 0 Å². The molecular weight excluding hydrogens is 310 g/mol. The van der Waals surface area contributed by atoms with Crippen LogP contribution in [0.25, 0.3) is 0 Å². The van der Waals surface area contributed by atoms with Crippen LogP contribution in [0.5, 0.6) is 0 Å². The fraction of sp³-hybridized carbons (Fsp3) is 0.353. The summed E-state index contributed by atoms with van der Waals surface area (Å²) in [5.41, 5.74) is 0.889. The van der Waals surface area contributed by atoms with Gasteiger partial charge < -0.3 is 10.2 Å². The van der Waals surface area contributed by atoms with Crippen LogP contribution in [-0.4, -0.2) is 39.1 Å². The van der Waals surface area contributed by atoms with Gasteiger partial charge in [0.15, 0.2) is 0 Å². The maximum absolute atomic E-state index is 12.7. The number of aromatic nitrogens is 1. The van der Waals surface area contributed by atoms with Gasteiger partial charge in [0.05, 0.1) is 21.7 Å². The highest BCUT2D eigenvalue weighted by Crippen LogP contribution is 2.29. The van der Waals surface area contributed by atoms with Crippen molar-refractivity contribution in [2.75, 3.05) is 24.5 Å². The second-order valence-electron chi connectivity index (χ2n) is 6.31. The number of benzene rings is 1. The molecule has 1 N–H and O–H groups in total. The lowest BCUT2D eigenvalue weighted by atomic mass is 10.00. The Bertz CT molecular complexity index is 796. The molecule has 3 heterocycles. The molecule has 23 heavy (non-hydrogen) atoms. The first-order valence-electron chi connectivity index (χ1n) is 7.86. The Morgan fingerprint density at radius 3 is 2.70 bits per heavy atom. The summed E-state index contributed by atoms with van der Waals surface area (Å²) < 4.78 is 25.5. The van der Waals surface area contributed by atoms with Gasteiger partial charge in [0.2, 0.25) is 9.84 Å². The van der Waals surface area contributed by atoms with Gasteiger partial charge in [0, 0.05) is 31.9 Å². The largest absolute Gasteiger partial charge is 0.368 e. The van der Waals surface area contributed by atoms with Crippen molar-refractivity contribution in [2.45, 2.75) is 22.3 Å². The summed E-state index contributed by atoms with van der Waals surface area (Å²) in [5.74, 6) is 0.642. The van der Waals surface area contributed by atoms with Crippen molar-refractivity contribution in [2.24, 2.45) is 5.92 Å². The van der Waals surface area contributed by atoms with Gasteiger partial charge in [-0.05, 0) is 30.5 Å². The Labute approximate surface area is 136 Å². The molecule has 0 radical (unpaired) electrons. The molecule has 1 aromatic carbocycles. The standard InChI is InChI=1S/C17H19N3O2S/c21-23(22,16-4-2-1-3-5-16)17-7-15(9-18-10-17)20-11-13-6-14(12-20)19-8-13/h1-5,7,9-10,13-14,19H,6,8,11-12H2. The average molecular weight is 329 g/mol. The van der Waals surface area contributed by atoms with E-state index in [1.165, 1.54) is 12.6 Å². The van der Waals surface area contributed by atoms with Gasteiger partial charge in [-0.2, -0.15) is 0 Å². The fourth-order valence-electron chi connectivity index (χ4n) is 3.51. The highest BCUT2D eigenvalue weighted by Gasteiger charge is 2.33. The summed E-state index contributed by atoms with van der Waals surface area (Å²) in [5, 5.41) is 3.51. The number of pyridine rings is 1. The molecule has 2 unspecified atom stereocenters. The predicted molar refractivity (Wildman–Crippen MR) is 88.2 cm³/mol. The molecule has 1 aromatic heterocycles. The summed E-state index contributed by atoms with van der Waals surface area (Å²) in [4.78, 5) is 6.99. The first kappa shape index (κ1) is 14.7. The zero-order valence-corrected chi connectivity index (χ0v) is 13.5. The van der Waals surface area contributed by atoms with E-state index in [9.17, 15) is 8.42 Å². The highest BCUT2D eigenvalue weighted by atomic mass is 32.2. The molecule has 2 bridgehead atoms. The number of nitrogens with zero attached hydrogens (tertiary/aromatic N) is 2. The number of rotatable bonds is 3. The van der Waals surface area contributed by atoms with Gasteiger partial charge >= 0.3 is 0 Å². The maximum Gasteiger partial charge on any atom is 0.208 e. The molecule has 6 heteroatoms. The smallest absolute Gasteiger partial charge is 0.208 e. The van der Waals surface area contributed by atoms with E-state index < -0.39 is 9.84 Å². The molecule has 0 saturated carbocycles. The van der Waals surface area contributed by atoms with E-state index in [1.807, 2.05) is 6.07 Å². The lowest BCUT2D eigenvalue weighted by Gasteiger charge is -2.32. The summed E-state index contributed by atoms with van der Waals surface area (Å²) in [6.45, 7) is 2.92. The maximum atomic E-state index is 12.7. The first-order valence-corrected chi connectivity index (χ1v) is 9.35. The van der Waals surface area contributed by atoms with Gasteiger partial charge in [-0.25, -0.2) is 8.42 Å². The normalized spacial score (nSPS) is 23.9. The van der Waals surface area contributed by atoms with Crippen molar-refractivity contribution in [3.8, 4) is 0 Å². The molecule has 0 spiro atoms. The van der Waals surface area contributed by atoms with Crippen molar-refractivity contribution < 1.29 is 8.42 Å². The lowest BCUT2D eigenvalue weighted by Crippen LogP contribution is -2.41. The molecule has 0 amide bonds. The van der Waals surface area contributed by atoms with Crippen LogP contribution in [-0.2, 0) is 9.84 Å². The van der Waals surface area contributed by atoms with Crippen LogP contribution in [0.3, 0.4) is 0 Å². The van der Waals surface area contributed by atoms with Crippen LogP contribution in [0, 0.1) is 5.92 Å². The van der Waals surface area contributed by atoms with E-state index in [1.54, 1.807) is 36.5 Å². The number of sulfone groups is 1. The number of piperidine rings is 1. The average Bonchev–Trinajstić information content (AvgIpc) is 2.94. The van der Waals surface area contributed by atoms with E-state index in [-0.39, 0.29) is 4.90 Å². The number of nitrogens with one attached hydrogen (secondary N) is 1. The van der Waals surface area contributed by atoms with Crippen molar-refractivity contribution >= 4 is 15.5 Å². The third-order valence-electron chi connectivity index (χ3n) is 4.66. The van der Waals surface area contributed by atoms with Crippen molar-refractivity contribution in [3.63, 3.8) is 0 Å². The highest BCUT2D eigenvalue weighted by molar-refractivity contribution is 7.91. The zero-order valence-electron chi connectivity index (χ0n) is 12.7. The molecule has 2 atom stereocenters. The third kappa shape index (κ3) is 2.72. The molecular formula is C17H19N3O2S. The molecule has 2 saturated heterocycles. The summed E-state index contributed by atoms with van der Waals surface area (Å²) >= 11 is 0. The SMILES string of the molecule is O=S(=O)(c1ccccc1)c1cncc(N2CC3CNC(C3)C2)c1. The van der Waals surface area contributed by atoms with Crippen molar-refractivity contribution in [1.82, 2.24) is 10.3 Å². The van der Waals surface area contributed by atoms with Crippen molar-refractivity contribution in [1.29, 1.82) is 0 Å². The second-order valence-corrected chi connectivity index (χ2v) is 8.26. The third-order valence-corrected chi connectivity index (χ3v) is 6.40. The van der Waals surface area contributed by atoms with E-state index in [0.29, 0.717) is 16.9 Å². The minimum Gasteiger partial charge on any atom is -0.368 e. The quantitative estimate of drug-likeness (QED) is 0.929. The molecule has 5 nitrogen and oxygen atoms in total. The second kappa shape index (κ2) is 5.62. The summed E-state index contributed by atoms with van der Waals surface area (Å²) in [6.07, 6.45) is 4.41. The number of hydrogen-bond acceptors (Lipinski definition) is 5. The van der Waals surface area contributed by atoms with Crippen molar-refractivity contribution in [3.05, 3.63) is 48.8 Å². The van der Waals surface area contributed by atoms with E-state index in [0.717, 1.165) is 25.3 Å². The van der Waals surface area contributed by atoms with E-state index >= 15 is 0 Å². The number of fused-ring (bicyclic) bond motifs is 2. The first-order chi connectivity index (χ1) is 11.1. The molecule has 120 valence electrons. The fourth-order valence-corrected chi connectivity index (χ4v) is 4.77. The zero-order chi connectivity index (χ0) is 15.9. The van der Waals surface area contributed by atoms with Crippen LogP contribution in [0.4, 0.5) is 5.69 Å². The van der Waals surface area contributed by atoms with Gasteiger partial charge in [-0.3, -0.25) is 4.98 Å². The molecule has 4 rings (SSSR count). The minimum absolute atomic E-state index is 0.257.